The Balaban J connectivity index is 1.62. The van der Waals surface area contributed by atoms with Gasteiger partial charge >= 0.3 is 0 Å². The van der Waals surface area contributed by atoms with Crippen molar-refractivity contribution in [2.24, 2.45) is 0 Å². The van der Waals surface area contributed by atoms with Crippen LogP contribution >= 0.6 is 0 Å². The van der Waals surface area contributed by atoms with Gasteiger partial charge in [0.15, 0.2) is 5.65 Å². The van der Waals surface area contributed by atoms with Crippen molar-refractivity contribution in [1.82, 2.24) is 19.3 Å². The van der Waals surface area contributed by atoms with Gasteiger partial charge in [-0.2, -0.15) is 0 Å². The van der Waals surface area contributed by atoms with Crippen LogP contribution in [-0.2, 0) is 16.6 Å². The Morgan fingerprint density at radius 2 is 1.59 bits per heavy atom. The molecule has 0 aliphatic carbocycles. The minimum Gasteiger partial charge on any atom is -0.307 e. The van der Waals surface area contributed by atoms with Crippen LogP contribution in [0.15, 0.2) is 83.9 Å². The van der Waals surface area contributed by atoms with Crippen LogP contribution < -0.4 is 4.72 Å². The summed E-state index contributed by atoms with van der Waals surface area (Å²) in [4.78, 5) is 9.35. The Morgan fingerprint density at radius 1 is 0.889 bits per heavy atom. The maximum atomic E-state index is 12.4. The van der Waals surface area contributed by atoms with Gasteiger partial charge in [0.1, 0.15) is 11.3 Å². The van der Waals surface area contributed by atoms with Crippen LogP contribution in [0.5, 0.6) is 0 Å². The largest absolute Gasteiger partial charge is 0.307 e. The normalized spacial score (nSPS) is 11.7. The number of aromatic nitrogens is 3. The average molecular weight is 378 g/mol. The summed E-state index contributed by atoms with van der Waals surface area (Å²) in [6.07, 6.45) is 1.71. The predicted molar refractivity (Wildman–Crippen MR) is 105 cm³/mol. The second kappa shape index (κ2) is 7.30. The molecular formula is C20H18N4O2S. The first-order valence-corrected chi connectivity index (χ1v) is 10.0. The van der Waals surface area contributed by atoms with Gasteiger partial charge in [0.25, 0.3) is 0 Å². The van der Waals surface area contributed by atoms with Crippen molar-refractivity contribution in [2.75, 3.05) is 6.54 Å². The molecule has 7 heteroatoms. The zero-order valence-electron chi connectivity index (χ0n) is 14.5. The van der Waals surface area contributed by atoms with Crippen LogP contribution in [0.3, 0.4) is 0 Å². The molecule has 1 N–H and O–H groups in total. The molecule has 0 saturated carbocycles. The number of benzene rings is 2. The molecule has 2 aromatic carbocycles. The van der Waals surface area contributed by atoms with Gasteiger partial charge < -0.3 is 4.57 Å². The van der Waals surface area contributed by atoms with Crippen molar-refractivity contribution >= 4 is 21.2 Å². The molecule has 0 saturated heterocycles. The Morgan fingerprint density at radius 3 is 2.33 bits per heavy atom. The molecule has 4 aromatic rings. The second-order valence-electron chi connectivity index (χ2n) is 6.01. The molecule has 0 aliphatic heterocycles. The van der Waals surface area contributed by atoms with Crippen molar-refractivity contribution in [3.05, 3.63) is 79.0 Å². The van der Waals surface area contributed by atoms with Crippen LogP contribution in [0, 0.1) is 0 Å². The predicted octanol–water partition coefficient (Wildman–Crippen LogP) is 3.08. The minimum absolute atomic E-state index is 0.235. The lowest BCUT2D eigenvalue weighted by Crippen LogP contribution is -2.27. The molecule has 0 radical (unpaired) electrons. The molecule has 0 spiro atoms. The molecule has 136 valence electrons. The molecule has 0 amide bonds. The van der Waals surface area contributed by atoms with Gasteiger partial charge in [-0.15, -0.1) is 0 Å². The highest BCUT2D eigenvalue weighted by Gasteiger charge is 2.16. The van der Waals surface area contributed by atoms with E-state index in [1.807, 2.05) is 47.0 Å². The van der Waals surface area contributed by atoms with E-state index in [1.165, 1.54) is 0 Å². The average Bonchev–Trinajstić information content (AvgIpc) is 3.08. The summed E-state index contributed by atoms with van der Waals surface area (Å²) >= 11 is 0. The summed E-state index contributed by atoms with van der Waals surface area (Å²) in [6, 6.07) is 21.9. The third kappa shape index (κ3) is 3.60. The van der Waals surface area contributed by atoms with Gasteiger partial charge in [0.05, 0.1) is 4.90 Å². The van der Waals surface area contributed by atoms with Crippen LogP contribution in [0.2, 0.25) is 0 Å². The van der Waals surface area contributed by atoms with E-state index in [2.05, 4.69) is 14.7 Å². The molecule has 0 bridgehead atoms. The van der Waals surface area contributed by atoms with E-state index in [4.69, 9.17) is 0 Å². The van der Waals surface area contributed by atoms with Gasteiger partial charge in [0.2, 0.25) is 10.0 Å². The molecule has 0 unspecified atom stereocenters. The summed E-state index contributed by atoms with van der Waals surface area (Å²) < 4.78 is 29.5. The highest BCUT2D eigenvalue weighted by molar-refractivity contribution is 7.89. The van der Waals surface area contributed by atoms with Gasteiger partial charge in [0, 0.05) is 24.8 Å². The number of nitrogens with zero attached hydrogens (tertiary/aromatic N) is 3. The Kier molecular flexibility index (Phi) is 4.70. The molecule has 6 nitrogen and oxygen atoms in total. The SMILES string of the molecule is O=S(=O)(NCCn1c(-c2ccccc2)nc2cccnc21)c1ccccc1. The van der Waals surface area contributed by atoms with Gasteiger partial charge in [-0.1, -0.05) is 48.5 Å². The summed E-state index contributed by atoms with van der Waals surface area (Å²) in [6.45, 7) is 0.656. The fraction of sp³-hybridized carbons (Fsp3) is 0.100. The first-order chi connectivity index (χ1) is 13.1. The lowest BCUT2D eigenvalue weighted by atomic mass is 10.2. The van der Waals surface area contributed by atoms with E-state index < -0.39 is 10.0 Å². The zero-order valence-corrected chi connectivity index (χ0v) is 15.3. The number of pyridine rings is 1. The maximum Gasteiger partial charge on any atom is 0.240 e. The number of hydrogen-bond acceptors (Lipinski definition) is 4. The van der Waals surface area contributed by atoms with E-state index in [-0.39, 0.29) is 11.4 Å². The second-order valence-corrected chi connectivity index (χ2v) is 7.78. The maximum absolute atomic E-state index is 12.4. The van der Waals surface area contributed by atoms with Gasteiger partial charge in [-0.25, -0.2) is 23.1 Å². The fourth-order valence-corrected chi connectivity index (χ4v) is 3.99. The number of nitrogens with one attached hydrogen (secondary N) is 1. The summed E-state index contributed by atoms with van der Waals surface area (Å²) in [5, 5.41) is 0. The number of sulfonamides is 1. The van der Waals surface area contributed by atoms with Crippen LogP contribution in [-0.4, -0.2) is 29.5 Å². The van der Waals surface area contributed by atoms with Crippen molar-refractivity contribution in [3.8, 4) is 11.4 Å². The number of hydrogen-bond donors (Lipinski definition) is 1. The first-order valence-electron chi connectivity index (χ1n) is 8.56. The zero-order chi connectivity index (χ0) is 18.7. The number of rotatable bonds is 6. The molecule has 4 rings (SSSR count). The Labute approximate surface area is 157 Å². The number of imidazole rings is 1. The quantitative estimate of drug-likeness (QED) is 0.559. The molecule has 0 fully saturated rings. The molecular weight excluding hydrogens is 360 g/mol. The Hall–Kier alpha value is -3.03. The van der Waals surface area contributed by atoms with Gasteiger partial charge in [-0.3, -0.25) is 0 Å². The van der Waals surface area contributed by atoms with E-state index >= 15 is 0 Å². The lowest BCUT2D eigenvalue weighted by Gasteiger charge is -2.10. The van der Waals surface area contributed by atoms with E-state index in [0.29, 0.717) is 6.54 Å². The minimum atomic E-state index is -3.55. The fourth-order valence-electron chi connectivity index (χ4n) is 2.95. The molecule has 0 atom stereocenters. The van der Waals surface area contributed by atoms with Crippen LogP contribution in [0.4, 0.5) is 0 Å². The molecule has 0 aliphatic rings. The van der Waals surface area contributed by atoms with Crippen molar-refractivity contribution in [2.45, 2.75) is 11.4 Å². The van der Waals surface area contributed by atoms with E-state index in [0.717, 1.165) is 22.6 Å². The first kappa shape index (κ1) is 17.4. The van der Waals surface area contributed by atoms with E-state index in [9.17, 15) is 8.42 Å². The van der Waals surface area contributed by atoms with E-state index in [1.54, 1.807) is 36.5 Å². The highest BCUT2D eigenvalue weighted by atomic mass is 32.2. The third-order valence-electron chi connectivity index (χ3n) is 4.22. The molecule has 2 aromatic heterocycles. The molecule has 2 heterocycles. The van der Waals surface area contributed by atoms with Crippen LogP contribution in [0.1, 0.15) is 0 Å². The number of fused-ring (bicyclic) bond motifs is 1. The lowest BCUT2D eigenvalue weighted by molar-refractivity contribution is 0.574. The summed E-state index contributed by atoms with van der Waals surface area (Å²) in [7, 11) is -3.55. The topological polar surface area (TPSA) is 76.9 Å². The van der Waals surface area contributed by atoms with Crippen molar-refractivity contribution in [3.63, 3.8) is 0 Å². The highest BCUT2D eigenvalue weighted by Crippen LogP contribution is 2.23. The smallest absolute Gasteiger partial charge is 0.240 e. The van der Waals surface area contributed by atoms with Crippen molar-refractivity contribution < 1.29 is 8.42 Å². The van der Waals surface area contributed by atoms with Gasteiger partial charge in [-0.05, 0) is 24.3 Å². The van der Waals surface area contributed by atoms with Crippen LogP contribution in [0.25, 0.3) is 22.6 Å². The summed E-state index contributed by atoms with van der Waals surface area (Å²) in [5.41, 5.74) is 2.47. The van der Waals surface area contributed by atoms with Crippen molar-refractivity contribution in [1.29, 1.82) is 0 Å². The monoisotopic (exact) mass is 378 g/mol. The third-order valence-corrected chi connectivity index (χ3v) is 5.69. The summed E-state index contributed by atoms with van der Waals surface area (Å²) in [5.74, 6) is 0.767. The standard InChI is InChI=1S/C20H18N4O2S/c25-27(26,17-10-5-2-6-11-17)22-14-15-24-19(16-8-3-1-4-9-16)23-18-12-7-13-21-20(18)24/h1-13,22H,14-15H2. The molecule has 27 heavy (non-hydrogen) atoms. The Bertz CT molecular complexity index is 1160.